The lowest BCUT2D eigenvalue weighted by Gasteiger charge is -2.35. The second-order valence-corrected chi connectivity index (χ2v) is 9.94. The van der Waals surface area contributed by atoms with Crippen LogP contribution in [0.3, 0.4) is 0 Å². The van der Waals surface area contributed by atoms with E-state index in [1.54, 1.807) is 20.3 Å². The highest BCUT2D eigenvalue weighted by molar-refractivity contribution is 7.14. The van der Waals surface area contributed by atoms with Crippen LogP contribution in [0, 0.1) is 0 Å². The van der Waals surface area contributed by atoms with Gasteiger partial charge < -0.3 is 31.2 Å². The van der Waals surface area contributed by atoms with E-state index >= 15 is 0 Å². The first-order chi connectivity index (χ1) is 16.7. The zero-order valence-corrected chi connectivity index (χ0v) is 21.1. The molecule has 1 unspecified atom stereocenters. The average Bonchev–Trinajstić information content (AvgIpc) is 3.27. The number of ether oxygens (including phenoxy) is 2. The summed E-state index contributed by atoms with van der Waals surface area (Å²) in [4.78, 5) is 29.0. The Hall–Kier alpha value is -3.72. The largest absolute Gasteiger partial charge is 0.493 e. The second kappa shape index (κ2) is 9.87. The number of thiophene rings is 1. The number of hydrogen-bond donors (Lipinski definition) is 3. The number of carbonyl (C=O) groups excluding carboxylic acids is 2. The van der Waals surface area contributed by atoms with Crippen molar-refractivity contribution in [3.63, 3.8) is 0 Å². The van der Waals surface area contributed by atoms with Crippen molar-refractivity contribution in [2.24, 2.45) is 5.73 Å². The number of nitrogens with one attached hydrogen (secondary N) is 1. The van der Waals surface area contributed by atoms with Crippen molar-refractivity contribution < 1.29 is 19.1 Å². The Kier molecular flexibility index (Phi) is 6.88. The van der Waals surface area contributed by atoms with Crippen molar-refractivity contribution in [2.75, 3.05) is 30.2 Å². The zero-order valence-electron chi connectivity index (χ0n) is 20.3. The number of rotatable bonds is 7. The third-order valence-electron chi connectivity index (χ3n) is 6.24. The average molecular weight is 495 g/mol. The first-order valence-corrected chi connectivity index (χ1v) is 12.1. The van der Waals surface area contributed by atoms with Crippen molar-refractivity contribution in [2.45, 2.75) is 38.8 Å². The quantitative estimate of drug-likeness (QED) is 0.425. The number of nitrogens with zero attached hydrogens (tertiary/aromatic N) is 1. The second-order valence-electron chi connectivity index (χ2n) is 8.80. The summed E-state index contributed by atoms with van der Waals surface area (Å²) >= 11 is 1.41. The molecule has 2 heterocycles. The Morgan fingerprint density at radius 1 is 1.09 bits per heavy atom. The van der Waals surface area contributed by atoms with Gasteiger partial charge in [0.1, 0.15) is 6.04 Å². The summed E-state index contributed by atoms with van der Waals surface area (Å²) in [6.07, 6.45) is 0.410. The molecular weight excluding hydrogens is 464 g/mol. The fourth-order valence-corrected chi connectivity index (χ4v) is 5.31. The molecule has 1 atom stereocenters. The number of anilines is 3. The summed E-state index contributed by atoms with van der Waals surface area (Å²) in [5.74, 6) is 0.812. The molecule has 0 bridgehead atoms. The van der Waals surface area contributed by atoms with Gasteiger partial charge in [0.15, 0.2) is 11.5 Å². The molecule has 1 aliphatic heterocycles. The molecule has 2 aromatic carbocycles. The summed E-state index contributed by atoms with van der Waals surface area (Å²) in [7, 11) is 3.14. The van der Waals surface area contributed by atoms with E-state index in [0.717, 1.165) is 21.7 Å². The van der Waals surface area contributed by atoms with Gasteiger partial charge >= 0.3 is 0 Å². The van der Waals surface area contributed by atoms with Crippen molar-refractivity contribution in [1.82, 2.24) is 0 Å². The summed E-state index contributed by atoms with van der Waals surface area (Å²) in [5.41, 5.74) is 15.8. The Bertz CT molecular complexity index is 1270. The Labute approximate surface area is 208 Å². The lowest BCUT2D eigenvalue weighted by Crippen LogP contribution is -2.48. The number of hydrogen-bond acceptors (Lipinski definition) is 7. The van der Waals surface area contributed by atoms with E-state index in [4.69, 9.17) is 20.9 Å². The van der Waals surface area contributed by atoms with Gasteiger partial charge in [0.25, 0.3) is 5.91 Å². The normalized spacial score (nSPS) is 15.0. The van der Waals surface area contributed by atoms with Crippen LogP contribution in [0.2, 0.25) is 0 Å². The van der Waals surface area contributed by atoms with Crippen LogP contribution in [0.1, 0.15) is 45.4 Å². The third kappa shape index (κ3) is 4.90. The van der Waals surface area contributed by atoms with Crippen molar-refractivity contribution in [3.8, 4) is 11.5 Å². The fourth-order valence-electron chi connectivity index (χ4n) is 4.22. The molecule has 4 rings (SSSR count). The smallest absolute Gasteiger partial charge is 0.265 e. The highest BCUT2D eigenvalue weighted by atomic mass is 32.1. The molecule has 0 spiro atoms. The Balaban J connectivity index is 1.61. The number of carbonyl (C=O) groups is 2. The summed E-state index contributed by atoms with van der Waals surface area (Å²) in [5, 5.41) is 2.95. The van der Waals surface area contributed by atoms with E-state index in [1.165, 1.54) is 11.3 Å². The molecular formula is C26H30N4O4S. The third-order valence-corrected chi connectivity index (χ3v) is 7.40. The van der Waals surface area contributed by atoms with Crippen LogP contribution in [0.4, 0.5) is 17.1 Å². The van der Waals surface area contributed by atoms with E-state index < -0.39 is 11.9 Å². The molecule has 184 valence electrons. The molecule has 35 heavy (non-hydrogen) atoms. The van der Waals surface area contributed by atoms with E-state index in [9.17, 15) is 9.59 Å². The van der Waals surface area contributed by atoms with Gasteiger partial charge in [-0.25, -0.2) is 0 Å². The molecule has 8 nitrogen and oxygen atoms in total. The van der Waals surface area contributed by atoms with Crippen LogP contribution in [0.5, 0.6) is 11.5 Å². The van der Waals surface area contributed by atoms with Gasteiger partial charge in [-0.15, -0.1) is 11.3 Å². The van der Waals surface area contributed by atoms with Crippen LogP contribution in [0.15, 0.2) is 42.5 Å². The maximum atomic E-state index is 13.1. The molecule has 3 aromatic rings. The van der Waals surface area contributed by atoms with Crippen LogP contribution in [-0.4, -0.2) is 32.1 Å². The number of nitrogens with two attached hydrogens (primary N) is 2. The topological polar surface area (TPSA) is 120 Å². The molecule has 9 heteroatoms. The van der Waals surface area contributed by atoms with Crippen molar-refractivity contribution in [1.29, 1.82) is 0 Å². The van der Waals surface area contributed by atoms with E-state index in [1.807, 2.05) is 41.3 Å². The maximum absolute atomic E-state index is 13.1. The first-order valence-electron chi connectivity index (χ1n) is 11.3. The zero-order chi connectivity index (χ0) is 25.3. The molecule has 1 aromatic heterocycles. The predicted molar refractivity (Wildman–Crippen MR) is 140 cm³/mol. The van der Waals surface area contributed by atoms with Gasteiger partial charge in [0, 0.05) is 23.1 Å². The highest BCUT2D eigenvalue weighted by Gasteiger charge is 2.33. The first kappa shape index (κ1) is 24.4. The van der Waals surface area contributed by atoms with Crippen LogP contribution >= 0.6 is 11.3 Å². The molecule has 5 N–H and O–H groups in total. The number of primary amides is 1. The fraction of sp³-hybridized carbons (Fsp3) is 0.308. The monoisotopic (exact) mass is 494 g/mol. The lowest BCUT2D eigenvalue weighted by atomic mass is 9.98. The van der Waals surface area contributed by atoms with Crippen molar-refractivity contribution in [3.05, 3.63) is 63.3 Å². The van der Waals surface area contributed by atoms with Crippen molar-refractivity contribution >= 4 is 40.2 Å². The summed E-state index contributed by atoms with van der Waals surface area (Å²) < 4.78 is 10.8. The minimum absolute atomic E-state index is 0.231. The van der Waals surface area contributed by atoms with E-state index in [-0.39, 0.29) is 5.91 Å². The standard InChI is InChI=1S/C26H30N4O4S/c1-14(2)15-5-7-18(27)19(9-15)29-26(32)23-11-16-10-20(25(28)31)30(13-24(16)35-23)17-6-8-21(33-3)22(12-17)34-4/h5-9,11-12,14,20H,10,13,27H2,1-4H3,(H2,28,31)(H,29,32). The van der Waals surface area contributed by atoms with Gasteiger partial charge in [-0.05, 0) is 47.4 Å². The number of methoxy groups -OCH3 is 2. The Morgan fingerprint density at radius 2 is 1.83 bits per heavy atom. The number of benzene rings is 2. The molecule has 2 amide bonds. The van der Waals surface area contributed by atoms with Gasteiger partial charge in [-0.3, -0.25) is 9.59 Å². The molecule has 0 fully saturated rings. The van der Waals surface area contributed by atoms with E-state index in [2.05, 4.69) is 19.2 Å². The minimum Gasteiger partial charge on any atom is -0.493 e. The molecule has 0 radical (unpaired) electrons. The Morgan fingerprint density at radius 3 is 2.49 bits per heavy atom. The lowest BCUT2D eigenvalue weighted by molar-refractivity contribution is -0.119. The maximum Gasteiger partial charge on any atom is 0.265 e. The summed E-state index contributed by atoms with van der Waals surface area (Å²) in [6.45, 7) is 4.62. The van der Waals surface area contributed by atoms with Gasteiger partial charge in [0.2, 0.25) is 5.91 Å². The number of fused-ring (bicyclic) bond motifs is 1. The van der Waals surface area contributed by atoms with Gasteiger partial charge in [0.05, 0.1) is 37.0 Å². The minimum atomic E-state index is -0.551. The number of amides is 2. The van der Waals surface area contributed by atoms with Gasteiger partial charge in [-0.2, -0.15) is 0 Å². The molecule has 0 saturated heterocycles. The van der Waals surface area contributed by atoms with Gasteiger partial charge in [-0.1, -0.05) is 19.9 Å². The van der Waals surface area contributed by atoms with Crippen LogP contribution < -0.4 is 31.2 Å². The molecule has 1 aliphatic rings. The molecule has 0 aliphatic carbocycles. The van der Waals surface area contributed by atoms with Crippen LogP contribution in [-0.2, 0) is 17.8 Å². The number of nitrogen functional groups attached to an aromatic ring is 1. The SMILES string of the molecule is COc1ccc(N2Cc3sc(C(=O)Nc4cc(C(C)C)ccc4N)cc3CC2C(N)=O)cc1OC. The highest BCUT2D eigenvalue weighted by Crippen LogP contribution is 2.38. The molecule has 0 saturated carbocycles. The van der Waals surface area contributed by atoms with E-state index in [0.29, 0.717) is 46.6 Å². The predicted octanol–water partition coefficient (Wildman–Crippen LogP) is 4.14. The summed E-state index contributed by atoms with van der Waals surface area (Å²) in [6, 6.07) is 12.5. The van der Waals surface area contributed by atoms with Crippen LogP contribution in [0.25, 0.3) is 0 Å².